The molecule has 3 fully saturated rings. The van der Waals surface area contributed by atoms with Gasteiger partial charge in [-0.25, -0.2) is 4.39 Å². The first kappa shape index (κ1) is 12.6. The summed E-state index contributed by atoms with van der Waals surface area (Å²) < 4.78 is 18.5. The zero-order chi connectivity index (χ0) is 13.4. The van der Waals surface area contributed by atoms with E-state index in [1.807, 2.05) is 0 Å². The zero-order valence-corrected chi connectivity index (χ0v) is 10.9. The average molecular weight is 264 g/mol. The molecule has 0 N–H and O–H groups in total. The summed E-state index contributed by atoms with van der Waals surface area (Å²) in [5.41, 5.74) is 0.428. The highest BCUT2D eigenvalue weighted by atomic mass is 19.1. The Hall–Kier alpha value is -1.46. The van der Waals surface area contributed by atoms with E-state index in [4.69, 9.17) is 4.74 Å². The first-order valence-corrected chi connectivity index (χ1v) is 6.53. The van der Waals surface area contributed by atoms with Crippen molar-refractivity contribution in [2.75, 3.05) is 39.8 Å². The van der Waals surface area contributed by atoms with Crippen molar-refractivity contribution in [1.29, 1.82) is 0 Å². The smallest absolute Gasteiger partial charge is 0.181 e. The summed E-state index contributed by atoms with van der Waals surface area (Å²) in [4.78, 5) is 17.0. The van der Waals surface area contributed by atoms with Gasteiger partial charge in [0.25, 0.3) is 0 Å². The van der Waals surface area contributed by atoms with Crippen LogP contribution in [0.1, 0.15) is 10.4 Å². The van der Waals surface area contributed by atoms with Crippen LogP contribution < -0.4 is 4.74 Å². The molecule has 19 heavy (non-hydrogen) atoms. The van der Waals surface area contributed by atoms with E-state index >= 15 is 0 Å². The lowest BCUT2D eigenvalue weighted by atomic mass is 9.98. The lowest BCUT2D eigenvalue weighted by Crippen LogP contribution is -2.63. The van der Waals surface area contributed by atoms with Crippen LogP contribution in [-0.2, 0) is 0 Å². The van der Waals surface area contributed by atoms with Crippen LogP contribution >= 0.6 is 0 Å². The number of ether oxygens (including phenoxy) is 1. The number of ketones is 1. The van der Waals surface area contributed by atoms with Crippen molar-refractivity contribution in [2.45, 2.75) is 6.04 Å². The Labute approximate surface area is 111 Å². The molecular formula is C14H17FN2O2. The number of benzene rings is 1. The van der Waals surface area contributed by atoms with Gasteiger partial charge < -0.3 is 4.74 Å². The zero-order valence-electron chi connectivity index (χ0n) is 10.9. The highest BCUT2D eigenvalue weighted by molar-refractivity contribution is 6.00. The van der Waals surface area contributed by atoms with Gasteiger partial charge in [0.1, 0.15) is 0 Å². The summed E-state index contributed by atoms with van der Waals surface area (Å²) in [6.45, 7) is 4.66. The van der Waals surface area contributed by atoms with Crippen LogP contribution in [0.15, 0.2) is 18.2 Å². The van der Waals surface area contributed by atoms with Crippen molar-refractivity contribution in [3.05, 3.63) is 29.6 Å². The highest BCUT2D eigenvalue weighted by Gasteiger charge is 2.36. The van der Waals surface area contributed by atoms with Crippen LogP contribution in [0.5, 0.6) is 5.75 Å². The Morgan fingerprint density at radius 2 is 2.05 bits per heavy atom. The van der Waals surface area contributed by atoms with Crippen LogP contribution in [0.4, 0.5) is 4.39 Å². The van der Waals surface area contributed by atoms with Gasteiger partial charge in [-0.05, 0) is 18.2 Å². The monoisotopic (exact) mass is 264 g/mol. The average Bonchev–Trinajstić information content (AvgIpc) is 2.47. The minimum Gasteiger partial charge on any atom is -0.494 e. The summed E-state index contributed by atoms with van der Waals surface area (Å²) in [5.74, 6) is -0.304. The van der Waals surface area contributed by atoms with Gasteiger partial charge in [-0.1, -0.05) is 0 Å². The normalized spacial score (nSPS) is 29.3. The number of carbonyl (C=O) groups is 1. The first-order valence-electron chi connectivity index (χ1n) is 6.53. The van der Waals surface area contributed by atoms with Crippen molar-refractivity contribution in [2.24, 2.45) is 0 Å². The minimum absolute atomic E-state index is 0.00551. The molecule has 2 bridgehead atoms. The van der Waals surface area contributed by atoms with E-state index in [1.165, 1.54) is 19.2 Å². The quantitative estimate of drug-likeness (QED) is 0.763. The maximum Gasteiger partial charge on any atom is 0.181 e. The summed E-state index contributed by atoms with van der Waals surface area (Å²) in [5, 5.41) is 0. The number of carbonyl (C=O) groups excluding carboxylic acids is 1. The number of nitrogens with zero attached hydrogens (tertiary/aromatic N) is 2. The van der Waals surface area contributed by atoms with Gasteiger partial charge in [-0.2, -0.15) is 0 Å². The van der Waals surface area contributed by atoms with E-state index in [9.17, 15) is 9.18 Å². The number of Topliss-reactive ketones (excluding diaryl/α,β-unsaturated/α-hetero) is 1. The fourth-order valence-electron chi connectivity index (χ4n) is 2.88. The molecule has 4 rings (SSSR count). The minimum atomic E-state index is -0.482. The molecule has 0 radical (unpaired) electrons. The molecule has 0 amide bonds. The molecule has 3 aliphatic heterocycles. The predicted octanol–water partition coefficient (Wildman–Crippen LogP) is 1.02. The van der Waals surface area contributed by atoms with E-state index in [0.29, 0.717) is 5.56 Å². The number of hydrogen-bond acceptors (Lipinski definition) is 4. The van der Waals surface area contributed by atoms with E-state index in [2.05, 4.69) is 9.80 Å². The topological polar surface area (TPSA) is 32.8 Å². The molecule has 0 aliphatic carbocycles. The molecule has 4 nitrogen and oxygen atoms in total. The summed E-state index contributed by atoms with van der Waals surface area (Å²) >= 11 is 0. The number of hydrogen-bond donors (Lipinski definition) is 0. The molecule has 1 aromatic rings. The third kappa shape index (κ3) is 2.24. The van der Waals surface area contributed by atoms with Crippen molar-refractivity contribution >= 4 is 5.78 Å². The van der Waals surface area contributed by atoms with E-state index in [-0.39, 0.29) is 17.6 Å². The maximum absolute atomic E-state index is 13.7. The first-order chi connectivity index (χ1) is 9.19. The molecule has 3 saturated heterocycles. The fraction of sp³-hybridized carbons (Fsp3) is 0.500. The Bertz CT molecular complexity index is 498. The number of piperazine rings is 3. The molecule has 5 heteroatoms. The predicted molar refractivity (Wildman–Crippen MR) is 69.1 cm³/mol. The second-order valence-electron chi connectivity index (χ2n) is 5.07. The Morgan fingerprint density at radius 3 is 2.58 bits per heavy atom. The van der Waals surface area contributed by atoms with Crippen LogP contribution in [-0.4, -0.2) is 61.5 Å². The van der Waals surface area contributed by atoms with E-state index < -0.39 is 5.82 Å². The second-order valence-corrected chi connectivity index (χ2v) is 5.07. The van der Waals surface area contributed by atoms with Gasteiger partial charge in [-0.15, -0.1) is 0 Å². The number of rotatable bonds is 3. The highest BCUT2D eigenvalue weighted by Crippen LogP contribution is 2.22. The molecule has 1 aromatic carbocycles. The van der Waals surface area contributed by atoms with Crippen LogP contribution in [0.3, 0.4) is 0 Å². The molecule has 3 aliphatic rings. The van der Waals surface area contributed by atoms with Crippen molar-refractivity contribution < 1.29 is 13.9 Å². The van der Waals surface area contributed by atoms with Gasteiger partial charge in [0.2, 0.25) is 0 Å². The van der Waals surface area contributed by atoms with Crippen LogP contribution in [0.25, 0.3) is 0 Å². The molecular weight excluding hydrogens is 247 g/mol. The maximum atomic E-state index is 13.7. The van der Waals surface area contributed by atoms with E-state index in [1.54, 1.807) is 6.07 Å². The molecule has 0 spiro atoms. The third-order valence-corrected chi connectivity index (χ3v) is 4.02. The third-order valence-electron chi connectivity index (χ3n) is 4.02. The molecule has 0 saturated carbocycles. The second kappa shape index (κ2) is 4.90. The van der Waals surface area contributed by atoms with Crippen molar-refractivity contribution in [3.8, 4) is 5.75 Å². The lowest BCUT2D eigenvalue weighted by molar-refractivity contribution is 0.0159. The van der Waals surface area contributed by atoms with Gasteiger partial charge in [-0.3, -0.25) is 14.6 Å². The van der Waals surface area contributed by atoms with Gasteiger partial charge in [0, 0.05) is 38.3 Å². The lowest BCUT2D eigenvalue weighted by Gasteiger charge is -2.46. The largest absolute Gasteiger partial charge is 0.494 e. The number of fused-ring (bicyclic) bond motifs is 3. The fourth-order valence-corrected chi connectivity index (χ4v) is 2.88. The SMILES string of the molecule is COc1ccc(C(=O)C2CN3CCN2CC3)cc1F. The molecule has 102 valence electrons. The Morgan fingerprint density at radius 1 is 1.32 bits per heavy atom. The van der Waals surface area contributed by atoms with Crippen molar-refractivity contribution in [3.63, 3.8) is 0 Å². The standard InChI is InChI=1S/C14H17FN2O2/c1-19-13-3-2-10(8-11(13)15)14(18)12-9-16-4-6-17(12)7-5-16/h2-3,8,12H,4-7,9H2,1H3. The summed E-state index contributed by atoms with van der Waals surface area (Å²) in [7, 11) is 1.42. The Balaban J connectivity index is 1.82. The molecule has 0 aromatic heterocycles. The molecule has 3 heterocycles. The summed E-state index contributed by atoms with van der Waals surface area (Å²) in [6.07, 6.45) is 0. The molecule has 1 atom stereocenters. The summed E-state index contributed by atoms with van der Waals surface area (Å²) in [6, 6.07) is 4.30. The van der Waals surface area contributed by atoms with Gasteiger partial charge >= 0.3 is 0 Å². The Kier molecular flexibility index (Phi) is 3.24. The molecule has 1 unspecified atom stereocenters. The number of methoxy groups -OCH3 is 1. The number of halogens is 1. The van der Waals surface area contributed by atoms with Crippen LogP contribution in [0, 0.1) is 5.82 Å². The van der Waals surface area contributed by atoms with E-state index in [0.717, 1.165) is 32.7 Å². The van der Waals surface area contributed by atoms with Crippen LogP contribution in [0.2, 0.25) is 0 Å². The van der Waals surface area contributed by atoms with Crippen molar-refractivity contribution in [1.82, 2.24) is 9.80 Å². The van der Waals surface area contributed by atoms with Gasteiger partial charge in [0.05, 0.1) is 13.2 Å². The van der Waals surface area contributed by atoms with Gasteiger partial charge in [0.15, 0.2) is 17.3 Å².